The number of carbonyl (C=O) groups is 2. The molecule has 0 bridgehead atoms. The van der Waals surface area contributed by atoms with Crippen molar-refractivity contribution in [3.8, 4) is 0 Å². The van der Waals surface area contributed by atoms with Gasteiger partial charge in [-0.05, 0) is 20.3 Å². The molecule has 0 aliphatic carbocycles. The smallest absolute Gasteiger partial charge is 0.238 e. The summed E-state index contributed by atoms with van der Waals surface area (Å²) in [6, 6.07) is 1.65. The van der Waals surface area contributed by atoms with E-state index in [4.69, 9.17) is 4.52 Å². The van der Waals surface area contributed by atoms with Crippen LogP contribution in [0.4, 0.5) is 5.82 Å². The zero-order valence-corrected chi connectivity index (χ0v) is 11.8. The summed E-state index contributed by atoms with van der Waals surface area (Å²) in [6.07, 6.45) is 1.08. The minimum absolute atomic E-state index is 0.105. The molecule has 7 heteroatoms. The fraction of sp³-hybridized carbons (Fsp3) is 0.583. The lowest BCUT2D eigenvalue weighted by atomic mass is 10.2. The summed E-state index contributed by atoms with van der Waals surface area (Å²) < 4.78 is 4.86. The average Bonchev–Trinajstić information content (AvgIpc) is 2.69. The molecule has 104 valence electrons. The van der Waals surface area contributed by atoms with E-state index in [2.05, 4.69) is 10.5 Å². The zero-order valence-electron chi connectivity index (χ0n) is 11.0. The molecule has 0 spiro atoms. The maximum absolute atomic E-state index is 11.8. The average molecular weight is 283 g/mol. The van der Waals surface area contributed by atoms with E-state index in [1.165, 1.54) is 11.8 Å². The first kappa shape index (κ1) is 13.9. The van der Waals surface area contributed by atoms with Crippen molar-refractivity contribution in [3.63, 3.8) is 0 Å². The second-order valence-corrected chi connectivity index (χ2v) is 5.83. The van der Waals surface area contributed by atoms with Crippen molar-refractivity contribution >= 4 is 29.4 Å². The SMILES string of the molecule is Cc1cc(NC(=O)C(C)SCC(=O)N2CCC2)no1. The number of rotatable bonds is 5. The number of nitrogens with zero attached hydrogens (tertiary/aromatic N) is 2. The Hall–Kier alpha value is -1.50. The summed E-state index contributed by atoms with van der Waals surface area (Å²) in [4.78, 5) is 25.3. The van der Waals surface area contributed by atoms with Gasteiger partial charge in [0.25, 0.3) is 0 Å². The van der Waals surface area contributed by atoms with Crippen LogP contribution in [0.1, 0.15) is 19.1 Å². The van der Waals surface area contributed by atoms with Gasteiger partial charge in [0.1, 0.15) is 5.76 Å². The van der Waals surface area contributed by atoms with Gasteiger partial charge in [-0.3, -0.25) is 9.59 Å². The first-order valence-corrected chi connectivity index (χ1v) is 7.24. The predicted octanol–water partition coefficient (Wildman–Crippen LogP) is 1.28. The quantitative estimate of drug-likeness (QED) is 0.881. The van der Waals surface area contributed by atoms with Gasteiger partial charge in [0.15, 0.2) is 5.82 Å². The topological polar surface area (TPSA) is 75.4 Å². The fourth-order valence-electron chi connectivity index (χ4n) is 1.58. The molecule has 2 rings (SSSR count). The van der Waals surface area contributed by atoms with Crippen molar-refractivity contribution in [1.82, 2.24) is 10.1 Å². The van der Waals surface area contributed by atoms with Crippen molar-refractivity contribution in [2.24, 2.45) is 0 Å². The second-order valence-electron chi connectivity index (χ2n) is 4.50. The first-order chi connectivity index (χ1) is 9.06. The number of carbonyl (C=O) groups excluding carboxylic acids is 2. The monoisotopic (exact) mass is 283 g/mol. The summed E-state index contributed by atoms with van der Waals surface area (Å²) in [6.45, 7) is 5.22. The van der Waals surface area contributed by atoms with E-state index in [9.17, 15) is 9.59 Å². The molecule has 2 amide bonds. The molecule has 1 N–H and O–H groups in total. The maximum atomic E-state index is 11.8. The van der Waals surface area contributed by atoms with Gasteiger partial charge in [0.2, 0.25) is 11.8 Å². The van der Waals surface area contributed by atoms with Crippen molar-refractivity contribution in [1.29, 1.82) is 0 Å². The molecule has 1 saturated heterocycles. The van der Waals surface area contributed by atoms with Gasteiger partial charge in [-0.2, -0.15) is 0 Å². The predicted molar refractivity (Wildman–Crippen MR) is 73.0 cm³/mol. The number of aryl methyl sites for hydroxylation is 1. The number of nitrogens with one attached hydrogen (secondary N) is 1. The highest BCUT2D eigenvalue weighted by Crippen LogP contribution is 2.16. The molecule has 1 fully saturated rings. The lowest BCUT2D eigenvalue weighted by Crippen LogP contribution is -2.43. The van der Waals surface area contributed by atoms with E-state index < -0.39 is 0 Å². The van der Waals surface area contributed by atoms with Crippen molar-refractivity contribution in [3.05, 3.63) is 11.8 Å². The second kappa shape index (κ2) is 6.10. The van der Waals surface area contributed by atoms with Crippen LogP contribution >= 0.6 is 11.8 Å². The molecule has 1 aliphatic heterocycles. The zero-order chi connectivity index (χ0) is 13.8. The summed E-state index contributed by atoms with van der Waals surface area (Å²) in [5.41, 5.74) is 0. The molecule has 1 aliphatic rings. The van der Waals surface area contributed by atoms with Gasteiger partial charge < -0.3 is 14.7 Å². The Morgan fingerprint density at radius 2 is 2.32 bits per heavy atom. The van der Waals surface area contributed by atoms with Crippen LogP contribution in [-0.2, 0) is 9.59 Å². The van der Waals surface area contributed by atoms with E-state index in [1.54, 1.807) is 24.8 Å². The van der Waals surface area contributed by atoms with Gasteiger partial charge in [0, 0.05) is 19.2 Å². The molecular weight excluding hydrogens is 266 g/mol. The number of hydrogen-bond acceptors (Lipinski definition) is 5. The number of amides is 2. The number of hydrogen-bond donors (Lipinski definition) is 1. The van der Waals surface area contributed by atoms with Crippen molar-refractivity contribution < 1.29 is 14.1 Å². The Morgan fingerprint density at radius 3 is 2.84 bits per heavy atom. The number of aromatic nitrogens is 1. The van der Waals surface area contributed by atoms with Crippen LogP contribution in [-0.4, -0.2) is 46.0 Å². The largest absolute Gasteiger partial charge is 0.360 e. The molecule has 0 radical (unpaired) electrons. The highest BCUT2D eigenvalue weighted by atomic mass is 32.2. The van der Waals surface area contributed by atoms with Crippen LogP contribution in [0.2, 0.25) is 0 Å². The molecule has 1 unspecified atom stereocenters. The van der Waals surface area contributed by atoms with Crippen LogP contribution in [0.15, 0.2) is 10.6 Å². The fourth-order valence-corrected chi connectivity index (χ4v) is 2.37. The summed E-state index contributed by atoms with van der Waals surface area (Å²) in [5.74, 6) is 1.32. The van der Waals surface area contributed by atoms with E-state index in [0.717, 1.165) is 19.5 Å². The molecular formula is C12H17N3O3S. The minimum Gasteiger partial charge on any atom is -0.360 e. The van der Waals surface area contributed by atoms with Crippen molar-refractivity contribution in [2.75, 3.05) is 24.2 Å². The van der Waals surface area contributed by atoms with Gasteiger partial charge >= 0.3 is 0 Å². The van der Waals surface area contributed by atoms with Crippen molar-refractivity contribution in [2.45, 2.75) is 25.5 Å². The van der Waals surface area contributed by atoms with Crippen LogP contribution in [0.3, 0.4) is 0 Å². The van der Waals surface area contributed by atoms with E-state index in [0.29, 0.717) is 17.3 Å². The lowest BCUT2D eigenvalue weighted by Gasteiger charge is -2.31. The van der Waals surface area contributed by atoms with E-state index in [1.807, 2.05) is 0 Å². The Morgan fingerprint density at radius 1 is 1.58 bits per heavy atom. The Labute approximate surface area is 115 Å². The molecule has 1 atom stereocenters. The molecule has 1 aromatic rings. The number of thioether (sulfide) groups is 1. The molecule has 0 saturated carbocycles. The summed E-state index contributed by atoms with van der Waals surface area (Å²) >= 11 is 1.33. The Kier molecular flexibility index (Phi) is 4.47. The highest BCUT2D eigenvalue weighted by molar-refractivity contribution is 8.01. The Balaban J connectivity index is 1.74. The summed E-state index contributed by atoms with van der Waals surface area (Å²) in [5, 5.41) is 6.04. The van der Waals surface area contributed by atoms with E-state index in [-0.39, 0.29) is 17.1 Å². The molecule has 1 aromatic heterocycles. The van der Waals surface area contributed by atoms with Crippen LogP contribution in [0.25, 0.3) is 0 Å². The minimum atomic E-state index is -0.303. The third-order valence-corrected chi connectivity index (χ3v) is 4.04. The Bertz CT molecular complexity index is 471. The first-order valence-electron chi connectivity index (χ1n) is 6.20. The summed E-state index contributed by atoms with van der Waals surface area (Å²) in [7, 11) is 0. The third kappa shape index (κ3) is 3.73. The molecule has 19 heavy (non-hydrogen) atoms. The maximum Gasteiger partial charge on any atom is 0.238 e. The normalized spacial score (nSPS) is 15.8. The molecule has 0 aromatic carbocycles. The molecule has 2 heterocycles. The van der Waals surface area contributed by atoms with Gasteiger partial charge in [0.05, 0.1) is 11.0 Å². The van der Waals surface area contributed by atoms with Crippen LogP contribution in [0.5, 0.6) is 0 Å². The van der Waals surface area contributed by atoms with Gasteiger partial charge in [-0.25, -0.2) is 0 Å². The van der Waals surface area contributed by atoms with Crippen LogP contribution < -0.4 is 5.32 Å². The number of likely N-dealkylation sites (tertiary alicyclic amines) is 1. The molecule has 6 nitrogen and oxygen atoms in total. The van der Waals surface area contributed by atoms with Gasteiger partial charge in [-0.15, -0.1) is 11.8 Å². The standard InChI is InChI=1S/C12H17N3O3S/c1-8-6-10(14-18-8)13-12(17)9(2)19-7-11(16)15-4-3-5-15/h6,9H,3-5,7H2,1-2H3,(H,13,14,17). The van der Waals surface area contributed by atoms with Crippen LogP contribution in [0, 0.1) is 6.92 Å². The van der Waals surface area contributed by atoms with Gasteiger partial charge in [-0.1, -0.05) is 5.16 Å². The third-order valence-electron chi connectivity index (χ3n) is 2.91. The lowest BCUT2D eigenvalue weighted by molar-refractivity contribution is -0.131. The number of anilines is 1. The van der Waals surface area contributed by atoms with E-state index >= 15 is 0 Å². The highest BCUT2D eigenvalue weighted by Gasteiger charge is 2.22.